The van der Waals surface area contributed by atoms with Gasteiger partial charge in [-0.3, -0.25) is 0 Å². The number of nitrogens with one attached hydrogen (secondary N) is 1. The van der Waals surface area contributed by atoms with Crippen LogP contribution in [0.15, 0.2) is 73.1 Å². The molecule has 0 radical (unpaired) electrons. The number of rotatable bonds is 12. The van der Waals surface area contributed by atoms with Gasteiger partial charge in [0, 0.05) is 18.8 Å². The fraction of sp³-hybridized carbons (Fsp3) is 0.500. The molecule has 3 aromatic rings. The molecule has 3 rings (SSSR count). The van der Waals surface area contributed by atoms with Crippen molar-refractivity contribution < 1.29 is 0 Å². The first-order chi connectivity index (χ1) is 16.1. The molecule has 0 spiro atoms. The maximum absolute atomic E-state index is 4.30. The summed E-state index contributed by atoms with van der Waals surface area (Å²) in [7, 11) is 0. The highest BCUT2D eigenvalue weighted by Gasteiger charge is 2.18. The minimum Gasteiger partial charge on any atom is -0.349 e. The predicted molar refractivity (Wildman–Crippen MR) is 147 cm³/mol. The van der Waals surface area contributed by atoms with Crippen molar-refractivity contribution in [3.63, 3.8) is 0 Å². The molecule has 1 aromatic heterocycles. The van der Waals surface area contributed by atoms with Crippen LogP contribution in [0.4, 0.5) is 0 Å². The van der Waals surface area contributed by atoms with Crippen molar-refractivity contribution in [3.8, 4) is 0 Å². The molecule has 3 unspecified atom stereocenters. The Bertz CT molecular complexity index is 793. The molecule has 2 nitrogen and oxygen atoms in total. The van der Waals surface area contributed by atoms with E-state index in [0.29, 0.717) is 6.71 Å². The summed E-state index contributed by atoms with van der Waals surface area (Å²) in [5.74, 6) is 3.75. The molecule has 0 amide bonds. The monoisotopic (exact) mass is 444 g/mol. The van der Waals surface area contributed by atoms with E-state index in [9.17, 15) is 0 Å². The Balaban J connectivity index is 0.000000237. The third-order valence-electron chi connectivity index (χ3n) is 7.21. The Morgan fingerprint density at radius 3 is 1.91 bits per heavy atom. The number of benzene rings is 2. The summed E-state index contributed by atoms with van der Waals surface area (Å²) in [4.78, 5) is 7.49. The van der Waals surface area contributed by atoms with Crippen LogP contribution in [0.25, 0.3) is 0 Å². The summed E-state index contributed by atoms with van der Waals surface area (Å²) in [6.07, 6.45) is 12.6. The smallest absolute Gasteiger partial charge is 0.209 e. The van der Waals surface area contributed by atoms with Crippen LogP contribution in [0.3, 0.4) is 0 Å². The third kappa shape index (κ3) is 9.62. The summed E-state index contributed by atoms with van der Waals surface area (Å²) in [6, 6.07) is 21.4. The van der Waals surface area contributed by atoms with Gasteiger partial charge in [-0.1, -0.05) is 125 Å². The van der Waals surface area contributed by atoms with Crippen LogP contribution < -0.4 is 10.9 Å². The lowest BCUT2D eigenvalue weighted by molar-refractivity contribution is 0.260. The Hall–Kier alpha value is -2.29. The second-order valence-electron chi connectivity index (χ2n) is 9.61. The molecular formula is C30H45BN2. The first-order valence-corrected chi connectivity index (χ1v) is 13.2. The summed E-state index contributed by atoms with van der Waals surface area (Å²) in [5, 5.41) is 0. The zero-order valence-electron chi connectivity index (χ0n) is 21.6. The van der Waals surface area contributed by atoms with Gasteiger partial charge < -0.3 is 4.98 Å². The molecule has 178 valence electrons. The minimum absolute atomic E-state index is 0.535. The van der Waals surface area contributed by atoms with Crippen LogP contribution in [0, 0.1) is 17.8 Å². The van der Waals surface area contributed by atoms with Crippen LogP contribution in [0.2, 0.25) is 6.32 Å². The number of H-pyrrole nitrogens is 1. The van der Waals surface area contributed by atoms with Gasteiger partial charge in [0.15, 0.2) is 0 Å². The number of imidazole rings is 1. The Morgan fingerprint density at radius 2 is 1.45 bits per heavy atom. The average Bonchev–Trinajstić information content (AvgIpc) is 3.38. The van der Waals surface area contributed by atoms with Gasteiger partial charge in [-0.05, 0) is 37.0 Å². The van der Waals surface area contributed by atoms with Gasteiger partial charge >= 0.3 is 0 Å². The third-order valence-corrected chi connectivity index (χ3v) is 7.21. The first-order valence-electron chi connectivity index (χ1n) is 13.2. The van der Waals surface area contributed by atoms with E-state index in [-0.39, 0.29) is 0 Å². The zero-order chi connectivity index (χ0) is 23.9. The second-order valence-corrected chi connectivity index (χ2v) is 9.61. The van der Waals surface area contributed by atoms with Gasteiger partial charge in [0.2, 0.25) is 6.71 Å². The molecule has 1 heterocycles. The van der Waals surface area contributed by atoms with Crippen LogP contribution in [0.1, 0.15) is 72.5 Å². The van der Waals surface area contributed by atoms with E-state index in [4.69, 9.17) is 0 Å². The van der Waals surface area contributed by atoms with E-state index in [1.807, 2.05) is 12.4 Å². The molecular weight excluding hydrogens is 399 g/mol. The first kappa shape index (κ1) is 27.0. The van der Waals surface area contributed by atoms with Gasteiger partial charge in [-0.25, -0.2) is 4.98 Å². The summed E-state index contributed by atoms with van der Waals surface area (Å²) in [5.41, 5.74) is 2.82. The molecule has 0 aliphatic carbocycles. The Labute approximate surface area is 203 Å². The summed E-state index contributed by atoms with van der Waals surface area (Å²) < 4.78 is 0. The van der Waals surface area contributed by atoms with Crippen molar-refractivity contribution in [2.75, 3.05) is 0 Å². The van der Waals surface area contributed by atoms with Crippen molar-refractivity contribution in [1.82, 2.24) is 9.97 Å². The highest BCUT2D eigenvalue weighted by molar-refractivity contribution is 6.85. The van der Waals surface area contributed by atoms with E-state index >= 15 is 0 Å². The number of hydrogen-bond donors (Lipinski definition) is 1. The molecule has 0 fully saturated rings. The molecule has 2 aromatic carbocycles. The van der Waals surface area contributed by atoms with E-state index < -0.39 is 0 Å². The lowest BCUT2D eigenvalue weighted by Gasteiger charge is -2.25. The molecule has 0 aliphatic heterocycles. The Morgan fingerprint density at radius 1 is 0.848 bits per heavy atom. The standard InChI is InChI=1S/C16H30N2.C14H15B/c1-5-13(3)12-15(14(4)6-2)8-7-9-16-17-10-11-18-16;1-2-15(13-9-5-3-6-10-13)14-11-7-4-8-12-14/h10-11,13-15H,5-9,12H2,1-4H3,(H,17,18);3-12H,2H2,1H3. The van der Waals surface area contributed by atoms with E-state index in [1.165, 1.54) is 43.0 Å². The molecule has 0 saturated carbocycles. The number of aromatic nitrogens is 2. The predicted octanol–water partition coefficient (Wildman–Crippen LogP) is 7.15. The van der Waals surface area contributed by atoms with Crippen molar-refractivity contribution in [2.24, 2.45) is 17.8 Å². The molecule has 33 heavy (non-hydrogen) atoms. The van der Waals surface area contributed by atoms with E-state index in [2.05, 4.69) is 105 Å². The lowest BCUT2D eigenvalue weighted by Crippen LogP contribution is -2.41. The molecule has 3 atom stereocenters. The van der Waals surface area contributed by atoms with E-state index in [1.54, 1.807) is 0 Å². The van der Waals surface area contributed by atoms with Gasteiger partial charge in [0.1, 0.15) is 5.82 Å². The summed E-state index contributed by atoms with van der Waals surface area (Å²) in [6.45, 7) is 12.2. The van der Waals surface area contributed by atoms with Crippen LogP contribution in [-0.4, -0.2) is 16.7 Å². The maximum Gasteiger partial charge on any atom is 0.209 e. The van der Waals surface area contributed by atoms with Gasteiger partial charge in [0.05, 0.1) is 0 Å². The molecule has 0 aliphatic rings. The SMILES string of the molecule is CCB(c1ccccc1)c1ccccc1.CCC(C)CC(CCCc1ncc[nH]1)C(C)CC. The van der Waals surface area contributed by atoms with Crippen molar-refractivity contribution in [3.05, 3.63) is 78.9 Å². The molecule has 1 N–H and O–H groups in total. The highest BCUT2D eigenvalue weighted by atomic mass is 14.9. The lowest BCUT2D eigenvalue weighted by atomic mass is 9.39. The Kier molecular flexibility index (Phi) is 12.7. The maximum atomic E-state index is 4.30. The number of aromatic amines is 1. The molecule has 3 heteroatoms. The van der Waals surface area contributed by atoms with Crippen molar-refractivity contribution >= 4 is 17.6 Å². The van der Waals surface area contributed by atoms with Crippen LogP contribution in [0.5, 0.6) is 0 Å². The molecule has 0 saturated heterocycles. The van der Waals surface area contributed by atoms with Gasteiger partial charge in [-0.15, -0.1) is 0 Å². The topological polar surface area (TPSA) is 28.7 Å². The van der Waals surface area contributed by atoms with Crippen molar-refractivity contribution in [1.29, 1.82) is 0 Å². The van der Waals surface area contributed by atoms with Crippen LogP contribution in [-0.2, 0) is 6.42 Å². The second kappa shape index (κ2) is 15.5. The number of nitrogens with zero attached hydrogens (tertiary/aromatic N) is 1. The van der Waals surface area contributed by atoms with E-state index in [0.717, 1.165) is 36.3 Å². The largest absolute Gasteiger partial charge is 0.349 e. The fourth-order valence-corrected chi connectivity index (χ4v) is 4.65. The highest BCUT2D eigenvalue weighted by Crippen LogP contribution is 2.28. The average molecular weight is 445 g/mol. The van der Waals surface area contributed by atoms with Crippen molar-refractivity contribution in [2.45, 2.75) is 79.5 Å². The van der Waals surface area contributed by atoms with Gasteiger partial charge in [-0.2, -0.15) is 0 Å². The molecule has 0 bridgehead atoms. The fourth-order valence-electron chi connectivity index (χ4n) is 4.65. The quantitative estimate of drug-likeness (QED) is 0.295. The number of hydrogen-bond acceptors (Lipinski definition) is 1. The number of aryl methyl sites for hydroxylation is 1. The van der Waals surface area contributed by atoms with Gasteiger partial charge in [0.25, 0.3) is 0 Å². The van der Waals surface area contributed by atoms with Crippen LogP contribution >= 0.6 is 0 Å². The normalized spacial score (nSPS) is 13.5. The summed E-state index contributed by atoms with van der Waals surface area (Å²) >= 11 is 0. The zero-order valence-corrected chi connectivity index (χ0v) is 21.6. The minimum atomic E-state index is 0.535.